The lowest BCUT2D eigenvalue weighted by atomic mass is 10.2. The van der Waals surface area contributed by atoms with Crippen LogP contribution in [0.25, 0.3) is 10.9 Å². The van der Waals surface area contributed by atoms with E-state index in [2.05, 4.69) is 35.4 Å². The van der Waals surface area contributed by atoms with E-state index in [4.69, 9.17) is 4.74 Å². The van der Waals surface area contributed by atoms with Gasteiger partial charge in [0.05, 0.1) is 0 Å². The van der Waals surface area contributed by atoms with E-state index < -0.39 is 5.82 Å². The standard InChI is InChI=1S/C22H22FN7O/c1-12-9-14-15(24-12)5-6-17(21(14)23)31-22-26-18(11-20(27-22)30-7-2-8-30)25-19-10-16(28-29-19)13-3-4-13/h5-6,9-11,13,24H,2-4,7-8H2,1H3,(H2,25,26,27,28,29). The van der Waals surface area contributed by atoms with E-state index in [9.17, 15) is 4.39 Å². The van der Waals surface area contributed by atoms with Gasteiger partial charge >= 0.3 is 6.01 Å². The second-order valence-corrected chi connectivity index (χ2v) is 8.24. The average Bonchev–Trinajstić information content (AvgIpc) is 3.32. The lowest BCUT2D eigenvalue weighted by Crippen LogP contribution is -2.37. The summed E-state index contributed by atoms with van der Waals surface area (Å²) in [7, 11) is 0. The lowest BCUT2D eigenvalue weighted by molar-refractivity contribution is 0.413. The van der Waals surface area contributed by atoms with Gasteiger partial charge in [-0.05, 0) is 44.4 Å². The molecule has 2 fully saturated rings. The Morgan fingerprint density at radius 2 is 2.00 bits per heavy atom. The van der Waals surface area contributed by atoms with Crippen LogP contribution >= 0.6 is 0 Å². The van der Waals surface area contributed by atoms with Crippen LogP contribution in [-0.2, 0) is 0 Å². The highest BCUT2D eigenvalue weighted by Gasteiger charge is 2.26. The van der Waals surface area contributed by atoms with Crippen LogP contribution in [0.5, 0.6) is 11.8 Å². The molecule has 2 aliphatic rings. The minimum Gasteiger partial charge on any atom is -0.421 e. The number of benzene rings is 1. The van der Waals surface area contributed by atoms with Crippen molar-refractivity contribution in [2.75, 3.05) is 23.3 Å². The number of halogens is 1. The highest BCUT2D eigenvalue weighted by atomic mass is 19.1. The Kier molecular flexibility index (Phi) is 4.09. The Balaban J connectivity index is 1.32. The maximum atomic E-state index is 15.0. The zero-order chi connectivity index (χ0) is 20.9. The first-order valence-corrected chi connectivity index (χ1v) is 10.5. The van der Waals surface area contributed by atoms with E-state index in [0.717, 1.165) is 42.2 Å². The van der Waals surface area contributed by atoms with Crippen molar-refractivity contribution in [3.63, 3.8) is 0 Å². The molecule has 3 aromatic heterocycles. The van der Waals surface area contributed by atoms with Gasteiger partial charge in [0.1, 0.15) is 11.6 Å². The van der Waals surface area contributed by atoms with Gasteiger partial charge in [-0.15, -0.1) is 0 Å². The Hall–Kier alpha value is -3.62. The fourth-order valence-corrected chi connectivity index (χ4v) is 3.83. The fraction of sp³-hybridized carbons (Fsp3) is 0.318. The van der Waals surface area contributed by atoms with Crippen LogP contribution in [0.1, 0.15) is 36.6 Å². The monoisotopic (exact) mass is 419 g/mol. The molecule has 1 saturated heterocycles. The number of nitrogens with zero attached hydrogens (tertiary/aromatic N) is 4. The molecule has 6 rings (SSSR count). The van der Waals surface area contributed by atoms with E-state index in [-0.39, 0.29) is 11.8 Å². The third kappa shape index (κ3) is 3.45. The van der Waals surface area contributed by atoms with Gasteiger partial charge in [0.15, 0.2) is 17.4 Å². The van der Waals surface area contributed by atoms with E-state index in [0.29, 0.717) is 22.9 Å². The Morgan fingerprint density at radius 1 is 1.13 bits per heavy atom. The SMILES string of the molecule is Cc1cc2c(F)c(Oc3nc(Nc4cc(C5CC5)[nH]n4)cc(N4CCC4)n3)ccc2[nH]1. The van der Waals surface area contributed by atoms with Gasteiger partial charge < -0.3 is 19.9 Å². The van der Waals surface area contributed by atoms with Gasteiger partial charge in [-0.25, -0.2) is 4.39 Å². The summed E-state index contributed by atoms with van der Waals surface area (Å²) < 4.78 is 20.8. The van der Waals surface area contributed by atoms with Gasteiger partial charge in [0.2, 0.25) is 0 Å². The molecule has 9 heteroatoms. The summed E-state index contributed by atoms with van der Waals surface area (Å²) in [5.41, 5.74) is 2.75. The van der Waals surface area contributed by atoms with Gasteiger partial charge in [-0.1, -0.05) is 0 Å². The minimum absolute atomic E-state index is 0.0917. The van der Waals surface area contributed by atoms with E-state index in [1.807, 2.05) is 19.1 Å². The molecule has 1 saturated carbocycles. The van der Waals surface area contributed by atoms with Gasteiger partial charge in [0, 0.05) is 53.4 Å². The number of H-pyrrole nitrogens is 2. The van der Waals surface area contributed by atoms with Crippen molar-refractivity contribution in [2.45, 2.75) is 32.1 Å². The molecule has 3 N–H and O–H groups in total. The number of fused-ring (bicyclic) bond motifs is 1. The first-order valence-electron chi connectivity index (χ1n) is 10.5. The van der Waals surface area contributed by atoms with Gasteiger partial charge in [-0.3, -0.25) is 5.10 Å². The van der Waals surface area contributed by atoms with Crippen molar-refractivity contribution >= 4 is 28.4 Å². The summed E-state index contributed by atoms with van der Waals surface area (Å²) >= 11 is 0. The molecule has 4 heterocycles. The van der Waals surface area contributed by atoms with Crippen LogP contribution in [0.15, 0.2) is 30.3 Å². The number of ether oxygens (including phenoxy) is 1. The van der Waals surface area contributed by atoms with Crippen LogP contribution in [0.4, 0.5) is 21.8 Å². The molecular formula is C22H22FN7O. The number of nitrogens with one attached hydrogen (secondary N) is 3. The van der Waals surface area contributed by atoms with Crippen molar-refractivity contribution in [2.24, 2.45) is 0 Å². The summed E-state index contributed by atoms with van der Waals surface area (Å²) in [6, 6.07) is 9.11. The smallest absolute Gasteiger partial charge is 0.326 e. The first-order chi connectivity index (χ1) is 15.1. The van der Waals surface area contributed by atoms with Crippen molar-refractivity contribution < 1.29 is 9.13 Å². The Morgan fingerprint density at radius 3 is 2.77 bits per heavy atom. The van der Waals surface area contributed by atoms with Crippen molar-refractivity contribution in [1.29, 1.82) is 0 Å². The summed E-state index contributed by atoms with van der Waals surface area (Å²) in [6.45, 7) is 3.74. The third-order valence-electron chi connectivity index (χ3n) is 5.78. The summed E-state index contributed by atoms with van der Waals surface area (Å²) in [4.78, 5) is 14.2. The number of hydrogen-bond acceptors (Lipinski definition) is 6. The van der Waals surface area contributed by atoms with E-state index in [1.54, 1.807) is 18.2 Å². The molecule has 0 atom stereocenters. The molecule has 0 amide bonds. The van der Waals surface area contributed by atoms with E-state index >= 15 is 0 Å². The quantitative estimate of drug-likeness (QED) is 0.417. The maximum absolute atomic E-state index is 15.0. The Bertz CT molecular complexity index is 1270. The fourth-order valence-electron chi connectivity index (χ4n) is 3.83. The summed E-state index contributed by atoms with van der Waals surface area (Å²) in [5, 5.41) is 11.1. The molecule has 1 aliphatic heterocycles. The van der Waals surface area contributed by atoms with Crippen LogP contribution in [0.3, 0.4) is 0 Å². The number of aromatic nitrogens is 5. The maximum Gasteiger partial charge on any atom is 0.326 e. The normalized spacial score (nSPS) is 15.9. The van der Waals surface area contributed by atoms with Crippen LogP contribution in [0, 0.1) is 12.7 Å². The van der Waals surface area contributed by atoms with Crippen LogP contribution < -0.4 is 15.0 Å². The molecular weight excluding hydrogens is 397 g/mol. The largest absolute Gasteiger partial charge is 0.421 e. The molecule has 31 heavy (non-hydrogen) atoms. The summed E-state index contributed by atoms with van der Waals surface area (Å²) in [5.74, 6) is 2.23. The molecule has 0 bridgehead atoms. The molecule has 0 unspecified atom stereocenters. The van der Waals surface area contributed by atoms with Crippen molar-refractivity contribution in [3.05, 3.63) is 47.5 Å². The second kappa shape index (κ2) is 6.97. The lowest BCUT2D eigenvalue weighted by Gasteiger charge is -2.32. The minimum atomic E-state index is -0.435. The first kappa shape index (κ1) is 18.2. The molecule has 1 aromatic carbocycles. The molecule has 0 radical (unpaired) electrons. The average molecular weight is 419 g/mol. The molecule has 4 aromatic rings. The highest BCUT2D eigenvalue weighted by Crippen LogP contribution is 2.40. The second-order valence-electron chi connectivity index (χ2n) is 8.24. The van der Waals surface area contributed by atoms with Crippen molar-refractivity contribution in [1.82, 2.24) is 25.1 Å². The zero-order valence-electron chi connectivity index (χ0n) is 17.1. The van der Waals surface area contributed by atoms with Crippen LogP contribution in [-0.4, -0.2) is 38.2 Å². The topological polar surface area (TPSA) is 94.8 Å². The molecule has 0 spiro atoms. The van der Waals surface area contributed by atoms with Crippen molar-refractivity contribution in [3.8, 4) is 11.8 Å². The number of aromatic amines is 2. The van der Waals surface area contributed by atoms with Crippen LogP contribution in [0.2, 0.25) is 0 Å². The number of rotatable bonds is 6. The number of aryl methyl sites for hydroxylation is 1. The van der Waals surface area contributed by atoms with Gasteiger partial charge in [0.25, 0.3) is 0 Å². The highest BCUT2D eigenvalue weighted by molar-refractivity contribution is 5.82. The van der Waals surface area contributed by atoms with Gasteiger partial charge in [-0.2, -0.15) is 15.1 Å². The number of anilines is 3. The van der Waals surface area contributed by atoms with E-state index in [1.165, 1.54) is 12.8 Å². The zero-order valence-corrected chi connectivity index (χ0v) is 17.1. The molecule has 158 valence electrons. The Labute approximate surface area is 177 Å². The summed E-state index contributed by atoms with van der Waals surface area (Å²) in [6.07, 6.45) is 3.51. The predicted octanol–water partition coefficient (Wildman–Crippen LogP) is 4.75. The third-order valence-corrected chi connectivity index (χ3v) is 5.78. The number of hydrogen-bond donors (Lipinski definition) is 3. The molecule has 8 nitrogen and oxygen atoms in total. The predicted molar refractivity (Wildman–Crippen MR) is 116 cm³/mol. The molecule has 1 aliphatic carbocycles.